The molecule has 0 unspecified atom stereocenters. The molecule has 0 atom stereocenters. The first-order chi connectivity index (χ1) is 10.4. The molecule has 0 amide bonds. The van der Waals surface area contributed by atoms with Crippen LogP contribution in [0.2, 0.25) is 0 Å². The van der Waals surface area contributed by atoms with Gasteiger partial charge in [-0.05, 0) is 47.9 Å². The second-order valence-corrected chi connectivity index (χ2v) is 6.45. The van der Waals surface area contributed by atoms with Crippen LogP contribution in [0, 0.1) is 11.8 Å². The second kappa shape index (κ2) is 9.14. The summed E-state index contributed by atoms with van der Waals surface area (Å²) in [5.41, 5.74) is 2.09. The highest BCUT2D eigenvalue weighted by atomic mass is 16.3. The van der Waals surface area contributed by atoms with Crippen LogP contribution in [0.15, 0.2) is 48.5 Å². The van der Waals surface area contributed by atoms with Crippen LogP contribution >= 0.6 is 0 Å². The number of benzene rings is 2. The standard InChI is InChI=1S/2C10H14O/c2*1-8(2)7-9-5-3-4-6-10(9)11/h2*3-6,8,11H,7H2,1-2H3. The number of hydrogen-bond donors (Lipinski definition) is 2. The van der Waals surface area contributed by atoms with E-state index in [1.165, 1.54) is 0 Å². The zero-order valence-corrected chi connectivity index (χ0v) is 14.1. The Labute approximate surface area is 134 Å². The monoisotopic (exact) mass is 300 g/mol. The molecule has 2 nitrogen and oxygen atoms in total. The van der Waals surface area contributed by atoms with E-state index in [0.717, 1.165) is 24.0 Å². The molecule has 0 aromatic heterocycles. The minimum absolute atomic E-state index is 0.418. The molecule has 0 saturated carbocycles. The molecule has 2 N–H and O–H groups in total. The lowest BCUT2D eigenvalue weighted by Gasteiger charge is -2.05. The quantitative estimate of drug-likeness (QED) is 0.816. The third kappa shape index (κ3) is 6.66. The fourth-order valence-corrected chi connectivity index (χ4v) is 2.25. The molecule has 2 heteroatoms. The highest BCUT2D eigenvalue weighted by Crippen LogP contribution is 2.19. The Kier molecular flexibility index (Phi) is 7.51. The maximum absolute atomic E-state index is 9.36. The van der Waals surface area contributed by atoms with Crippen molar-refractivity contribution in [3.05, 3.63) is 59.7 Å². The van der Waals surface area contributed by atoms with Crippen LogP contribution in [-0.4, -0.2) is 10.2 Å². The lowest BCUT2D eigenvalue weighted by molar-refractivity contribution is 0.462. The third-order valence-corrected chi connectivity index (χ3v) is 3.24. The molecule has 2 aromatic rings. The van der Waals surface area contributed by atoms with Gasteiger partial charge in [0.05, 0.1) is 0 Å². The molecule has 0 aliphatic carbocycles. The summed E-state index contributed by atoms with van der Waals surface area (Å²) in [7, 11) is 0. The van der Waals surface area contributed by atoms with Crippen molar-refractivity contribution in [2.75, 3.05) is 0 Å². The first-order valence-corrected chi connectivity index (χ1v) is 7.93. The van der Waals surface area contributed by atoms with E-state index in [4.69, 9.17) is 0 Å². The van der Waals surface area contributed by atoms with Crippen molar-refractivity contribution in [2.24, 2.45) is 11.8 Å². The predicted molar refractivity (Wildman–Crippen MR) is 93.3 cm³/mol. The van der Waals surface area contributed by atoms with Gasteiger partial charge in [-0.25, -0.2) is 0 Å². The molecular formula is C20H28O2. The van der Waals surface area contributed by atoms with E-state index in [1.807, 2.05) is 36.4 Å². The summed E-state index contributed by atoms with van der Waals surface area (Å²) in [5.74, 6) is 2.04. The third-order valence-electron chi connectivity index (χ3n) is 3.24. The largest absolute Gasteiger partial charge is 0.508 e. The molecule has 2 rings (SSSR count). The first-order valence-electron chi connectivity index (χ1n) is 7.93. The maximum Gasteiger partial charge on any atom is 0.118 e. The number of rotatable bonds is 4. The smallest absolute Gasteiger partial charge is 0.118 e. The minimum atomic E-state index is 0.418. The SMILES string of the molecule is CC(C)Cc1ccccc1O.CC(C)Cc1ccccc1O. The van der Waals surface area contributed by atoms with Crippen LogP contribution in [0.25, 0.3) is 0 Å². The van der Waals surface area contributed by atoms with Crippen molar-refractivity contribution < 1.29 is 10.2 Å². The summed E-state index contributed by atoms with van der Waals surface area (Å²) in [6.07, 6.45) is 1.90. The van der Waals surface area contributed by atoms with Gasteiger partial charge in [0.1, 0.15) is 11.5 Å². The van der Waals surface area contributed by atoms with Crippen molar-refractivity contribution in [3.8, 4) is 11.5 Å². The van der Waals surface area contributed by atoms with Gasteiger partial charge in [0, 0.05) is 0 Å². The second-order valence-electron chi connectivity index (χ2n) is 6.45. The van der Waals surface area contributed by atoms with Gasteiger partial charge in [0.15, 0.2) is 0 Å². The highest BCUT2D eigenvalue weighted by molar-refractivity contribution is 5.32. The molecule has 0 aliphatic heterocycles. The Bertz CT molecular complexity index is 508. The summed E-state index contributed by atoms with van der Waals surface area (Å²) in [4.78, 5) is 0. The molecule has 0 bridgehead atoms. The summed E-state index contributed by atoms with van der Waals surface area (Å²) < 4.78 is 0. The van der Waals surface area contributed by atoms with Gasteiger partial charge < -0.3 is 10.2 Å². The zero-order valence-electron chi connectivity index (χ0n) is 14.1. The Hall–Kier alpha value is -1.96. The van der Waals surface area contributed by atoms with Crippen LogP contribution in [-0.2, 0) is 12.8 Å². The number of aromatic hydroxyl groups is 2. The highest BCUT2D eigenvalue weighted by Gasteiger charge is 2.01. The van der Waals surface area contributed by atoms with E-state index in [1.54, 1.807) is 12.1 Å². The molecule has 0 saturated heterocycles. The Morgan fingerprint density at radius 2 is 0.955 bits per heavy atom. The van der Waals surface area contributed by atoms with Gasteiger partial charge in [-0.15, -0.1) is 0 Å². The van der Waals surface area contributed by atoms with Crippen molar-refractivity contribution in [1.82, 2.24) is 0 Å². The number of phenols is 2. The molecule has 0 aliphatic rings. The molecule has 0 fully saturated rings. The Morgan fingerprint density at radius 1 is 0.636 bits per heavy atom. The summed E-state index contributed by atoms with van der Waals surface area (Å²) in [5, 5.41) is 18.7. The normalized spacial score (nSPS) is 10.5. The van der Waals surface area contributed by atoms with Crippen molar-refractivity contribution in [2.45, 2.75) is 40.5 Å². The average molecular weight is 300 g/mol. The lowest BCUT2D eigenvalue weighted by atomic mass is 10.0. The predicted octanol–water partition coefficient (Wildman–Crippen LogP) is 5.18. The summed E-state index contributed by atoms with van der Waals surface area (Å²) in [6.45, 7) is 8.58. The lowest BCUT2D eigenvalue weighted by Crippen LogP contribution is -1.93. The van der Waals surface area contributed by atoms with Gasteiger partial charge in [0.25, 0.3) is 0 Å². The van der Waals surface area contributed by atoms with E-state index >= 15 is 0 Å². The van der Waals surface area contributed by atoms with Gasteiger partial charge in [-0.3, -0.25) is 0 Å². The van der Waals surface area contributed by atoms with Crippen molar-refractivity contribution >= 4 is 0 Å². The Morgan fingerprint density at radius 3 is 1.23 bits per heavy atom. The van der Waals surface area contributed by atoms with Gasteiger partial charge >= 0.3 is 0 Å². The Balaban J connectivity index is 0.000000220. The fourth-order valence-electron chi connectivity index (χ4n) is 2.25. The van der Waals surface area contributed by atoms with Crippen LogP contribution in [0.5, 0.6) is 11.5 Å². The summed E-state index contributed by atoms with van der Waals surface area (Å²) >= 11 is 0. The first kappa shape index (κ1) is 18.1. The van der Waals surface area contributed by atoms with Crippen molar-refractivity contribution in [1.29, 1.82) is 0 Å². The number of para-hydroxylation sites is 2. The molecular weight excluding hydrogens is 272 g/mol. The molecule has 0 heterocycles. The molecule has 0 spiro atoms. The van der Waals surface area contributed by atoms with Gasteiger partial charge in [0.2, 0.25) is 0 Å². The van der Waals surface area contributed by atoms with E-state index in [-0.39, 0.29) is 0 Å². The molecule has 2 aromatic carbocycles. The van der Waals surface area contributed by atoms with E-state index in [9.17, 15) is 10.2 Å². The maximum atomic E-state index is 9.36. The van der Waals surface area contributed by atoms with E-state index in [2.05, 4.69) is 27.7 Å². The molecule has 22 heavy (non-hydrogen) atoms. The number of hydrogen-bond acceptors (Lipinski definition) is 2. The van der Waals surface area contributed by atoms with Gasteiger partial charge in [-0.1, -0.05) is 64.1 Å². The van der Waals surface area contributed by atoms with Crippen LogP contribution in [0.1, 0.15) is 38.8 Å². The van der Waals surface area contributed by atoms with Crippen LogP contribution < -0.4 is 0 Å². The minimum Gasteiger partial charge on any atom is -0.508 e. The molecule has 0 radical (unpaired) electrons. The fraction of sp³-hybridized carbons (Fsp3) is 0.400. The average Bonchev–Trinajstić information content (AvgIpc) is 2.44. The zero-order chi connectivity index (χ0) is 16.5. The van der Waals surface area contributed by atoms with Gasteiger partial charge in [-0.2, -0.15) is 0 Å². The van der Waals surface area contributed by atoms with Crippen LogP contribution in [0.4, 0.5) is 0 Å². The summed E-state index contributed by atoms with van der Waals surface area (Å²) in [6, 6.07) is 15.0. The number of phenolic OH excluding ortho intramolecular Hbond substituents is 2. The van der Waals surface area contributed by atoms with E-state index in [0.29, 0.717) is 23.3 Å². The van der Waals surface area contributed by atoms with E-state index < -0.39 is 0 Å². The topological polar surface area (TPSA) is 40.5 Å². The molecule has 120 valence electrons. The van der Waals surface area contributed by atoms with Crippen LogP contribution in [0.3, 0.4) is 0 Å². The van der Waals surface area contributed by atoms with Crippen molar-refractivity contribution in [3.63, 3.8) is 0 Å².